The van der Waals surface area contributed by atoms with Crippen molar-refractivity contribution >= 4 is 40.8 Å². The van der Waals surface area contributed by atoms with E-state index in [2.05, 4.69) is 0 Å². The molecule has 1 heterocycles. The van der Waals surface area contributed by atoms with Crippen LogP contribution in [-0.4, -0.2) is 23.6 Å². The Kier molecular flexibility index (Phi) is 3.73. The molecule has 0 bridgehead atoms. The molecule has 20 heavy (non-hydrogen) atoms. The van der Waals surface area contributed by atoms with Crippen LogP contribution in [0.15, 0.2) is 30.3 Å². The van der Waals surface area contributed by atoms with Gasteiger partial charge in [-0.05, 0) is 32.9 Å². The Morgan fingerprint density at radius 3 is 2.40 bits per heavy atom. The van der Waals surface area contributed by atoms with E-state index in [4.69, 9.17) is 15.8 Å². The third-order valence-electron chi connectivity index (χ3n) is 2.90. The van der Waals surface area contributed by atoms with E-state index < -0.39 is 13.0 Å². The average Bonchev–Trinajstić information content (AvgIpc) is 2.65. The Morgan fingerprint density at radius 2 is 1.85 bits per heavy atom. The monoisotopic (exact) mass is 309 g/mol. The van der Waals surface area contributed by atoms with Gasteiger partial charge in [-0.15, -0.1) is 0 Å². The summed E-state index contributed by atoms with van der Waals surface area (Å²) in [4.78, 5) is 12.5. The summed E-state index contributed by atoms with van der Waals surface area (Å²) in [6.45, 7) is 9.59. The molecule has 2 aromatic rings. The second kappa shape index (κ2) is 4.93. The van der Waals surface area contributed by atoms with Crippen LogP contribution in [0.1, 0.15) is 20.8 Å². The summed E-state index contributed by atoms with van der Waals surface area (Å²) in [5.74, 6) is 0. The third-order valence-corrected chi connectivity index (χ3v) is 5.06. The van der Waals surface area contributed by atoms with Gasteiger partial charge in [-0.25, -0.2) is 4.79 Å². The fourth-order valence-electron chi connectivity index (χ4n) is 2.10. The van der Waals surface area contributed by atoms with Gasteiger partial charge in [0, 0.05) is 10.7 Å². The smallest absolute Gasteiger partial charge is 0.418 e. The van der Waals surface area contributed by atoms with Crippen molar-refractivity contribution in [2.24, 2.45) is 0 Å². The van der Waals surface area contributed by atoms with Gasteiger partial charge < -0.3 is 4.74 Å². The van der Waals surface area contributed by atoms with Crippen molar-refractivity contribution in [2.75, 3.05) is 0 Å². The molecule has 0 atom stereocenters. The van der Waals surface area contributed by atoms with Gasteiger partial charge in [0.2, 0.25) is 0 Å². The minimum atomic E-state index is -2.16. The molecule has 0 aliphatic rings. The molecule has 5 heteroatoms. The lowest BCUT2D eigenvalue weighted by atomic mass is 10.2. The largest absolute Gasteiger partial charge is 0.443 e. The van der Waals surface area contributed by atoms with Gasteiger partial charge in [0.15, 0.2) is 7.38 Å². The molecule has 0 unspecified atom stereocenters. The lowest BCUT2D eigenvalue weighted by Gasteiger charge is -2.23. The number of rotatable bonds is 1. The van der Waals surface area contributed by atoms with Crippen LogP contribution < -0.4 is 5.32 Å². The number of hydrogen-bond acceptors (Lipinski definition) is 2. The van der Waals surface area contributed by atoms with Gasteiger partial charge in [-0.2, -0.15) is 11.1 Å². The van der Waals surface area contributed by atoms with Gasteiger partial charge in [0.25, 0.3) is 0 Å². The lowest BCUT2D eigenvalue weighted by molar-refractivity contribution is 0.0549. The van der Waals surface area contributed by atoms with Gasteiger partial charge in [-0.3, -0.25) is 4.57 Å². The number of halogens is 1. The maximum Gasteiger partial charge on any atom is 0.418 e. The zero-order chi connectivity index (χ0) is 15.1. The molecule has 1 aromatic carbocycles. The van der Waals surface area contributed by atoms with Gasteiger partial charge >= 0.3 is 6.09 Å². The van der Waals surface area contributed by atoms with Crippen molar-refractivity contribution in [2.45, 2.75) is 39.5 Å². The predicted octanol–water partition coefficient (Wildman–Crippen LogP) is 4.08. The first-order valence-electron chi connectivity index (χ1n) is 6.63. The maximum absolute atomic E-state index is 12.5. The summed E-state index contributed by atoms with van der Waals surface area (Å²) in [6.07, 6.45) is -0.366. The molecule has 0 aliphatic heterocycles. The molecule has 0 saturated heterocycles. The van der Waals surface area contributed by atoms with E-state index in [-0.39, 0.29) is 6.09 Å². The molecule has 2 rings (SSSR count). The number of nitrogens with zero attached hydrogens (tertiary/aromatic N) is 1. The number of benzene rings is 1. The zero-order valence-corrected chi connectivity index (χ0v) is 14.3. The summed E-state index contributed by atoms with van der Waals surface area (Å²) in [6, 6.07) is 9.76. The standard InChI is InChI=1S/C15H20ClNO2Si/c1-15(2,3)19-14(18)17-12-9-7-6-8-11(12)10-13(17)20(4,5)16/h6-10H,1-5H3. The van der Waals surface area contributed by atoms with Crippen LogP contribution in [0.25, 0.3) is 10.9 Å². The van der Waals surface area contributed by atoms with Crippen molar-refractivity contribution < 1.29 is 9.53 Å². The fraction of sp³-hybridized carbons (Fsp3) is 0.400. The molecular weight excluding hydrogens is 290 g/mol. The first-order chi connectivity index (χ1) is 9.09. The summed E-state index contributed by atoms with van der Waals surface area (Å²) in [5, 5.41) is 1.88. The van der Waals surface area contributed by atoms with Crippen LogP contribution >= 0.6 is 11.1 Å². The fourth-order valence-corrected chi connectivity index (χ4v) is 3.76. The molecule has 0 fully saturated rings. The highest BCUT2D eigenvalue weighted by Gasteiger charge is 2.30. The summed E-state index contributed by atoms with van der Waals surface area (Å²) >= 11 is 6.56. The Balaban J connectivity index is 2.63. The number of hydrogen-bond donors (Lipinski definition) is 0. The molecule has 0 saturated carbocycles. The quantitative estimate of drug-likeness (QED) is 0.587. The first kappa shape index (κ1) is 15.1. The molecule has 1 aromatic heterocycles. The van der Waals surface area contributed by atoms with Crippen LogP contribution in [0, 0.1) is 0 Å². The van der Waals surface area contributed by atoms with Crippen molar-refractivity contribution in [1.29, 1.82) is 0 Å². The number of ether oxygens (including phenoxy) is 1. The highest BCUT2D eigenvalue weighted by molar-refractivity contribution is 7.26. The topological polar surface area (TPSA) is 31.2 Å². The maximum atomic E-state index is 12.5. The Labute approximate surface area is 125 Å². The minimum Gasteiger partial charge on any atom is -0.443 e. The second-order valence-electron chi connectivity index (χ2n) is 6.38. The molecule has 0 aliphatic carbocycles. The average molecular weight is 310 g/mol. The van der Waals surface area contributed by atoms with E-state index in [1.807, 2.05) is 64.2 Å². The number of fused-ring (bicyclic) bond motifs is 1. The number of carbonyl (C=O) groups is 1. The molecule has 0 amide bonds. The first-order valence-corrected chi connectivity index (χ1v) is 10.6. The number of carbonyl (C=O) groups excluding carboxylic acids is 1. The van der Waals surface area contributed by atoms with Gasteiger partial charge in [-0.1, -0.05) is 31.3 Å². The third kappa shape index (κ3) is 3.07. The van der Waals surface area contributed by atoms with Gasteiger partial charge in [0.05, 0.1) is 5.52 Å². The molecule has 0 spiro atoms. The van der Waals surface area contributed by atoms with Crippen LogP contribution in [-0.2, 0) is 4.74 Å². The van der Waals surface area contributed by atoms with Crippen molar-refractivity contribution in [3.05, 3.63) is 30.3 Å². The van der Waals surface area contributed by atoms with Crippen molar-refractivity contribution in [3.8, 4) is 0 Å². The SMILES string of the molecule is CC(C)(C)OC(=O)n1c([Si](C)(C)Cl)cc2ccccc21. The van der Waals surface area contributed by atoms with E-state index in [0.717, 1.165) is 16.2 Å². The van der Waals surface area contributed by atoms with Crippen molar-refractivity contribution in [3.63, 3.8) is 0 Å². The van der Waals surface area contributed by atoms with E-state index >= 15 is 0 Å². The zero-order valence-electron chi connectivity index (χ0n) is 12.5. The van der Waals surface area contributed by atoms with E-state index in [9.17, 15) is 4.79 Å². The Hall–Kier alpha value is -1.26. The highest BCUT2D eigenvalue weighted by atomic mass is 35.6. The predicted molar refractivity (Wildman–Crippen MR) is 86.5 cm³/mol. The highest BCUT2D eigenvalue weighted by Crippen LogP contribution is 2.20. The molecule has 108 valence electrons. The second-order valence-corrected chi connectivity index (χ2v) is 12.7. The van der Waals surface area contributed by atoms with Crippen LogP contribution in [0.4, 0.5) is 4.79 Å². The number of aromatic nitrogens is 1. The van der Waals surface area contributed by atoms with E-state index in [1.165, 1.54) is 0 Å². The molecular formula is C15H20ClNO2Si. The molecule has 3 nitrogen and oxygen atoms in total. The van der Waals surface area contributed by atoms with E-state index in [0.29, 0.717) is 0 Å². The number of para-hydroxylation sites is 1. The Bertz CT molecular complexity index is 650. The summed E-state index contributed by atoms with van der Waals surface area (Å²) in [7, 11) is -2.16. The van der Waals surface area contributed by atoms with E-state index in [1.54, 1.807) is 4.57 Å². The van der Waals surface area contributed by atoms with Crippen LogP contribution in [0.5, 0.6) is 0 Å². The molecule has 0 N–H and O–H groups in total. The van der Waals surface area contributed by atoms with Crippen molar-refractivity contribution in [1.82, 2.24) is 4.57 Å². The Morgan fingerprint density at radius 1 is 1.25 bits per heavy atom. The van der Waals surface area contributed by atoms with Crippen LogP contribution in [0.3, 0.4) is 0 Å². The van der Waals surface area contributed by atoms with Gasteiger partial charge in [0.1, 0.15) is 5.60 Å². The normalized spacial score (nSPS) is 12.7. The van der Waals surface area contributed by atoms with Crippen LogP contribution in [0.2, 0.25) is 13.1 Å². The summed E-state index contributed by atoms with van der Waals surface area (Å²) < 4.78 is 7.14. The minimum absolute atomic E-state index is 0.366. The molecule has 0 radical (unpaired) electrons. The summed E-state index contributed by atoms with van der Waals surface area (Å²) in [5.41, 5.74) is 0.315. The lowest BCUT2D eigenvalue weighted by Crippen LogP contribution is -2.44.